The fraction of sp³-hybridized carbons (Fsp3) is 0.125. The van der Waals surface area contributed by atoms with Crippen LogP contribution in [0, 0.1) is 0 Å². The number of aromatic amines is 2. The Morgan fingerprint density at radius 3 is 1.25 bits per heavy atom. The number of H-pyrrole nitrogens is 2. The minimum absolute atomic E-state index is 0.176. The summed E-state index contributed by atoms with van der Waals surface area (Å²) in [4.78, 5) is 84.9. The summed E-state index contributed by atoms with van der Waals surface area (Å²) >= 11 is 0. The number of carbonyl (C=O) groups is 2. The molecule has 0 aliphatic heterocycles. The number of para-hydroxylation sites is 2. The first-order valence-corrected chi connectivity index (χ1v) is 13.6. The number of benzene rings is 3. The van der Waals surface area contributed by atoms with Crippen molar-refractivity contribution in [2.24, 2.45) is 0 Å². The number of hydrogen-bond donors (Lipinski definition) is 4. The first kappa shape index (κ1) is 26.8. The van der Waals surface area contributed by atoms with Crippen molar-refractivity contribution in [2.45, 2.75) is 24.9 Å². The van der Waals surface area contributed by atoms with Crippen LogP contribution in [-0.2, 0) is 22.4 Å². The molecule has 0 saturated heterocycles. The molecule has 0 aliphatic carbocycles. The van der Waals surface area contributed by atoms with Crippen LogP contribution < -0.4 is 22.2 Å². The number of hydrogen-bond acceptors (Lipinski definition) is 6. The zero-order chi connectivity index (χ0) is 30.9. The van der Waals surface area contributed by atoms with E-state index in [4.69, 9.17) is 0 Å². The molecule has 4 heterocycles. The van der Waals surface area contributed by atoms with Crippen LogP contribution in [0.2, 0.25) is 0 Å². The summed E-state index contributed by atoms with van der Waals surface area (Å²) in [6.07, 6.45) is 2.89. The van der Waals surface area contributed by atoms with Crippen molar-refractivity contribution in [3.05, 3.63) is 126 Å². The SMILES string of the molecule is O=C(O)C(Cc1c[nH]c2ccccc12)n1c(=O)c2cc3c(=O)n(C(Cc4c[nH]c5ccccc45)C(=O)O)c(=O)c3cc2c1=O. The van der Waals surface area contributed by atoms with Crippen molar-refractivity contribution >= 4 is 55.3 Å². The van der Waals surface area contributed by atoms with Crippen molar-refractivity contribution in [1.82, 2.24) is 19.1 Å². The van der Waals surface area contributed by atoms with E-state index in [0.717, 1.165) is 33.9 Å². The van der Waals surface area contributed by atoms with Gasteiger partial charge in [-0.2, -0.15) is 0 Å². The van der Waals surface area contributed by atoms with Gasteiger partial charge in [-0.3, -0.25) is 28.3 Å². The Labute approximate surface area is 244 Å². The maximum Gasteiger partial charge on any atom is 0.327 e. The quantitative estimate of drug-likeness (QED) is 0.208. The van der Waals surface area contributed by atoms with Gasteiger partial charge in [0.15, 0.2) is 0 Å². The van der Waals surface area contributed by atoms with E-state index in [0.29, 0.717) is 20.3 Å². The average Bonchev–Trinajstić information content (AvgIpc) is 3.73. The molecule has 2 atom stereocenters. The number of fused-ring (bicyclic) bond motifs is 4. The van der Waals surface area contributed by atoms with Gasteiger partial charge in [-0.1, -0.05) is 36.4 Å². The summed E-state index contributed by atoms with van der Waals surface area (Å²) in [6, 6.07) is 13.4. The van der Waals surface area contributed by atoms with Gasteiger partial charge in [0, 0.05) is 47.0 Å². The molecule has 12 heteroatoms. The second kappa shape index (κ2) is 9.76. The predicted molar refractivity (Wildman–Crippen MR) is 162 cm³/mol. The van der Waals surface area contributed by atoms with E-state index in [9.17, 15) is 39.0 Å². The van der Waals surface area contributed by atoms with Crippen molar-refractivity contribution < 1.29 is 19.8 Å². The molecular formula is C32H22N4O8. The highest BCUT2D eigenvalue weighted by Crippen LogP contribution is 2.25. The number of carboxylic acid groups (broad SMARTS) is 2. The number of nitrogens with one attached hydrogen (secondary N) is 2. The highest BCUT2D eigenvalue weighted by atomic mass is 16.4. The van der Waals surface area contributed by atoms with Gasteiger partial charge in [-0.25, -0.2) is 9.59 Å². The lowest BCUT2D eigenvalue weighted by atomic mass is 10.0. The average molecular weight is 591 g/mol. The molecule has 0 fully saturated rings. The molecule has 218 valence electrons. The number of carboxylic acids is 2. The Kier molecular flexibility index (Phi) is 5.96. The Morgan fingerprint density at radius 1 is 0.568 bits per heavy atom. The van der Waals surface area contributed by atoms with E-state index in [1.807, 2.05) is 24.3 Å². The molecule has 0 spiro atoms. The van der Waals surface area contributed by atoms with Gasteiger partial charge in [0.05, 0.1) is 21.5 Å². The standard InChI is InChI=1S/C32H22N4O8/c37-27-19-11-21-22(30(40)36(29(21)39)26(32(43)44)10-16-14-34-24-8-4-2-6-18(16)24)12-20(19)28(38)35(27)25(31(41)42)9-15-13-33-23-7-3-1-5-17(15)23/h1-8,11-14,25-26,33-34H,9-10H2,(H,41,42)(H,43,44). The number of aromatic nitrogens is 4. The largest absolute Gasteiger partial charge is 0.480 e. The zero-order valence-corrected chi connectivity index (χ0v) is 22.7. The highest BCUT2D eigenvalue weighted by Gasteiger charge is 2.31. The lowest BCUT2D eigenvalue weighted by molar-refractivity contribution is -0.142. The summed E-state index contributed by atoms with van der Waals surface area (Å²) in [5.41, 5.74) is -1.00. The van der Waals surface area contributed by atoms with Gasteiger partial charge in [-0.05, 0) is 35.4 Å². The van der Waals surface area contributed by atoms with Gasteiger partial charge in [0.2, 0.25) is 0 Å². The van der Waals surface area contributed by atoms with E-state index in [1.54, 1.807) is 36.7 Å². The lowest BCUT2D eigenvalue weighted by Gasteiger charge is -2.12. The van der Waals surface area contributed by atoms with Gasteiger partial charge in [-0.15, -0.1) is 0 Å². The second-order valence-corrected chi connectivity index (χ2v) is 10.7. The third-order valence-electron chi connectivity index (χ3n) is 8.32. The van der Waals surface area contributed by atoms with Crippen LogP contribution in [0.3, 0.4) is 0 Å². The summed E-state index contributed by atoms with van der Waals surface area (Å²) in [7, 11) is 0. The smallest absolute Gasteiger partial charge is 0.327 e. The molecule has 0 saturated carbocycles. The molecule has 4 N–H and O–H groups in total. The lowest BCUT2D eigenvalue weighted by Crippen LogP contribution is -2.36. The van der Waals surface area contributed by atoms with Crippen LogP contribution in [0.4, 0.5) is 0 Å². The molecule has 2 unspecified atom stereocenters. The monoisotopic (exact) mass is 590 g/mol. The van der Waals surface area contributed by atoms with Crippen LogP contribution in [0.15, 0.2) is 92.2 Å². The number of rotatable bonds is 8. The second-order valence-electron chi connectivity index (χ2n) is 10.7. The fourth-order valence-corrected chi connectivity index (χ4v) is 6.17. The first-order valence-electron chi connectivity index (χ1n) is 13.6. The van der Waals surface area contributed by atoms with Crippen LogP contribution in [0.1, 0.15) is 23.2 Å². The Bertz CT molecular complexity index is 2270. The number of nitrogens with zero attached hydrogens (tertiary/aromatic N) is 2. The third kappa shape index (κ3) is 3.91. The Morgan fingerprint density at radius 2 is 0.909 bits per heavy atom. The van der Waals surface area contributed by atoms with Crippen molar-refractivity contribution in [1.29, 1.82) is 0 Å². The fourth-order valence-electron chi connectivity index (χ4n) is 6.17. The first-order chi connectivity index (χ1) is 21.2. The minimum Gasteiger partial charge on any atom is -0.480 e. The molecule has 0 radical (unpaired) electrons. The molecule has 3 aromatic carbocycles. The summed E-state index contributed by atoms with van der Waals surface area (Å²) < 4.78 is 1.27. The maximum atomic E-state index is 13.5. The van der Waals surface area contributed by atoms with Gasteiger partial charge in [0.25, 0.3) is 22.2 Å². The van der Waals surface area contributed by atoms with Crippen molar-refractivity contribution in [3.63, 3.8) is 0 Å². The summed E-state index contributed by atoms with van der Waals surface area (Å²) in [5, 5.41) is 20.7. The van der Waals surface area contributed by atoms with E-state index >= 15 is 0 Å². The van der Waals surface area contributed by atoms with E-state index in [-0.39, 0.29) is 34.4 Å². The van der Waals surface area contributed by atoms with E-state index < -0.39 is 46.3 Å². The molecule has 7 aromatic rings. The van der Waals surface area contributed by atoms with Crippen LogP contribution in [0.5, 0.6) is 0 Å². The topological polar surface area (TPSA) is 184 Å². The zero-order valence-electron chi connectivity index (χ0n) is 22.7. The molecule has 0 bridgehead atoms. The molecule has 0 amide bonds. The van der Waals surface area contributed by atoms with Gasteiger partial charge in [0.1, 0.15) is 12.1 Å². The normalized spacial score (nSPS) is 13.3. The molecule has 7 rings (SSSR count). The summed E-state index contributed by atoms with van der Waals surface area (Å²) in [5.74, 6) is -2.81. The molecule has 12 nitrogen and oxygen atoms in total. The predicted octanol–water partition coefficient (Wildman–Crippen LogP) is 2.61. The van der Waals surface area contributed by atoms with Gasteiger partial charge < -0.3 is 20.2 Å². The summed E-state index contributed by atoms with van der Waals surface area (Å²) in [6.45, 7) is 0. The maximum absolute atomic E-state index is 13.5. The molecule has 0 aliphatic rings. The number of aliphatic carboxylic acids is 2. The van der Waals surface area contributed by atoms with E-state index in [2.05, 4.69) is 9.97 Å². The Hall–Kier alpha value is -6.04. The Balaban J connectivity index is 1.35. The van der Waals surface area contributed by atoms with Crippen LogP contribution in [0.25, 0.3) is 43.4 Å². The third-order valence-corrected chi connectivity index (χ3v) is 8.32. The van der Waals surface area contributed by atoms with Crippen LogP contribution in [-0.4, -0.2) is 41.3 Å². The van der Waals surface area contributed by atoms with Crippen molar-refractivity contribution in [2.75, 3.05) is 0 Å². The molecular weight excluding hydrogens is 568 g/mol. The van der Waals surface area contributed by atoms with Crippen molar-refractivity contribution in [3.8, 4) is 0 Å². The van der Waals surface area contributed by atoms with Crippen LogP contribution >= 0.6 is 0 Å². The van der Waals surface area contributed by atoms with Gasteiger partial charge >= 0.3 is 11.9 Å². The highest BCUT2D eigenvalue weighted by molar-refractivity contribution is 5.98. The molecule has 44 heavy (non-hydrogen) atoms. The molecule has 4 aromatic heterocycles. The minimum atomic E-state index is -1.56. The van der Waals surface area contributed by atoms with E-state index in [1.165, 1.54) is 0 Å².